The maximum atomic E-state index is 11.5. The summed E-state index contributed by atoms with van der Waals surface area (Å²) in [6.45, 7) is 9.00. The van der Waals surface area contributed by atoms with Crippen molar-refractivity contribution in [2.75, 3.05) is 0 Å². The zero-order chi connectivity index (χ0) is 15.4. The average Bonchev–Trinajstić information content (AvgIpc) is 2.38. The predicted octanol–water partition coefficient (Wildman–Crippen LogP) is 3.01. The topological polar surface area (TPSA) is 52.6 Å². The molecule has 4 heteroatoms. The lowest BCUT2D eigenvalue weighted by Crippen LogP contribution is -2.17. The quantitative estimate of drug-likeness (QED) is 0.370. The molecule has 0 heterocycles. The van der Waals surface area contributed by atoms with E-state index in [-0.39, 0.29) is 37.0 Å². The number of carbonyl (C=O) groups is 2. The molecule has 0 bridgehead atoms. The fraction of sp³-hybridized carbons (Fsp3) is 0.625. The molecule has 0 aliphatic carbocycles. The Morgan fingerprint density at radius 1 is 1.25 bits per heavy atom. The molecule has 4 nitrogen and oxygen atoms in total. The van der Waals surface area contributed by atoms with Gasteiger partial charge in [-0.2, -0.15) is 0 Å². The van der Waals surface area contributed by atoms with Gasteiger partial charge in [0.1, 0.15) is 6.10 Å². The molecule has 0 aromatic rings. The summed E-state index contributed by atoms with van der Waals surface area (Å²) in [5.74, 6) is 4.91. The molecule has 0 spiro atoms. The van der Waals surface area contributed by atoms with Crippen molar-refractivity contribution in [2.24, 2.45) is 0 Å². The van der Waals surface area contributed by atoms with E-state index in [1.54, 1.807) is 13.0 Å². The molecule has 0 aromatic carbocycles. The van der Waals surface area contributed by atoms with Gasteiger partial charge in [0.2, 0.25) is 0 Å². The van der Waals surface area contributed by atoms with Gasteiger partial charge in [-0.25, -0.2) is 0 Å². The third-order valence-corrected chi connectivity index (χ3v) is 2.54. The molecule has 20 heavy (non-hydrogen) atoms. The van der Waals surface area contributed by atoms with Crippen LogP contribution in [0.2, 0.25) is 0 Å². The fourth-order valence-corrected chi connectivity index (χ4v) is 1.54. The molecule has 0 N–H and O–H groups in total. The van der Waals surface area contributed by atoms with Gasteiger partial charge in [0, 0.05) is 19.3 Å². The van der Waals surface area contributed by atoms with Crippen LogP contribution in [0.25, 0.3) is 0 Å². The van der Waals surface area contributed by atoms with E-state index >= 15 is 0 Å². The summed E-state index contributed by atoms with van der Waals surface area (Å²) in [5.41, 5.74) is 0. The van der Waals surface area contributed by atoms with Crippen LogP contribution in [0.5, 0.6) is 0 Å². The minimum Gasteiger partial charge on any atom is -0.462 e. The van der Waals surface area contributed by atoms with Crippen LogP contribution in [0.3, 0.4) is 0 Å². The molecule has 0 aromatic heterocycles. The van der Waals surface area contributed by atoms with E-state index in [9.17, 15) is 9.59 Å². The van der Waals surface area contributed by atoms with Crippen LogP contribution in [0.1, 0.15) is 52.9 Å². The van der Waals surface area contributed by atoms with Crippen LogP contribution in [0, 0.1) is 11.8 Å². The normalized spacial score (nSPS) is 12.6. The first-order valence-electron chi connectivity index (χ1n) is 6.95. The lowest BCUT2D eigenvalue weighted by atomic mass is 10.2. The Kier molecular flexibility index (Phi) is 10.1. The average molecular weight is 280 g/mol. The van der Waals surface area contributed by atoms with E-state index in [4.69, 9.17) is 9.47 Å². The Balaban J connectivity index is 3.87. The number of esters is 2. The predicted molar refractivity (Wildman–Crippen MR) is 77.8 cm³/mol. The van der Waals surface area contributed by atoms with Gasteiger partial charge in [-0.1, -0.05) is 18.9 Å². The molecule has 0 aliphatic rings. The highest BCUT2D eigenvalue weighted by Crippen LogP contribution is 2.06. The Hall–Kier alpha value is -1.76. The van der Waals surface area contributed by atoms with Crippen molar-refractivity contribution in [2.45, 2.75) is 65.1 Å². The molecule has 0 saturated heterocycles. The molecule has 0 radical (unpaired) electrons. The highest BCUT2D eigenvalue weighted by molar-refractivity contribution is 5.72. The molecule has 2 atom stereocenters. The highest BCUT2D eigenvalue weighted by Gasteiger charge is 2.12. The zero-order valence-corrected chi connectivity index (χ0v) is 12.6. The summed E-state index contributed by atoms with van der Waals surface area (Å²) in [6, 6.07) is 0. The lowest BCUT2D eigenvalue weighted by molar-refractivity contribution is -0.149. The van der Waals surface area contributed by atoms with Crippen molar-refractivity contribution >= 4 is 11.9 Å². The molecular formula is C16H24O4. The van der Waals surface area contributed by atoms with Crippen molar-refractivity contribution in [3.05, 3.63) is 12.7 Å². The Morgan fingerprint density at radius 3 is 2.35 bits per heavy atom. The Morgan fingerprint density at radius 2 is 1.85 bits per heavy atom. The fourth-order valence-electron chi connectivity index (χ4n) is 1.54. The van der Waals surface area contributed by atoms with Gasteiger partial charge in [-0.3, -0.25) is 9.59 Å². The van der Waals surface area contributed by atoms with E-state index in [1.807, 2.05) is 13.8 Å². The first-order valence-corrected chi connectivity index (χ1v) is 6.95. The van der Waals surface area contributed by atoms with Gasteiger partial charge in [-0.05, 0) is 26.7 Å². The van der Waals surface area contributed by atoms with Crippen LogP contribution in [0.15, 0.2) is 12.7 Å². The lowest BCUT2D eigenvalue weighted by Gasteiger charge is -2.11. The first kappa shape index (κ1) is 18.2. The molecule has 112 valence electrons. The van der Waals surface area contributed by atoms with Crippen molar-refractivity contribution in [1.82, 2.24) is 0 Å². The van der Waals surface area contributed by atoms with E-state index in [1.165, 1.54) is 0 Å². The standard InChI is InChI=1S/C16H24O4/c1-5-9-13(4)19-15(17)11-8-12-16(18)20-14(7-3)10-6-2/h5,13-14H,1,7-9,11-12H2,2-4H3. The van der Waals surface area contributed by atoms with Crippen LogP contribution in [-0.4, -0.2) is 24.1 Å². The number of rotatable bonds is 9. The molecule has 0 fully saturated rings. The van der Waals surface area contributed by atoms with Gasteiger partial charge in [-0.15, -0.1) is 12.5 Å². The maximum Gasteiger partial charge on any atom is 0.307 e. The molecule has 0 aliphatic heterocycles. The molecular weight excluding hydrogens is 256 g/mol. The van der Waals surface area contributed by atoms with Gasteiger partial charge in [0.05, 0.1) is 0 Å². The Labute approximate surface area is 121 Å². The highest BCUT2D eigenvalue weighted by atomic mass is 16.5. The Bertz CT molecular complexity index is 376. The monoisotopic (exact) mass is 280 g/mol. The zero-order valence-electron chi connectivity index (χ0n) is 12.6. The molecule has 0 saturated carbocycles. The summed E-state index contributed by atoms with van der Waals surface area (Å²) >= 11 is 0. The second-order valence-electron chi connectivity index (χ2n) is 4.46. The smallest absolute Gasteiger partial charge is 0.307 e. The second-order valence-corrected chi connectivity index (χ2v) is 4.46. The van der Waals surface area contributed by atoms with Crippen molar-refractivity contribution < 1.29 is 19.1 Å². The van der Waals surface area contributed by atoms with Crippen molar-refractivity contribution in [3.63, 3.8) is 0 Å². The largest absolute Gasteiger partial charge is 0.462 e. The maximum absolute atomic E-state index is 11.5. The molecule has 0 rings (SSSR count). The number of hydrogen-bond donors (Lipinski definition) is 0. The van der Waals surface area contributed by atoms with E-state index in [0.29, 0.717) is 19.3 Å². The van der Waals surface area contributed by atoms with Gasteiger partial charge in [0.15, 0.2) is 6.10 Å². The minimum absolute atomic E-state index is 0.170. The first-order chi connectivity index (χ1) is 9.53. The van der Waals surface area contributed by atoms with Crippen LogP contribution >= 0.6 is 0 Å². The van der Waals surface area contributed by atoms with Crippen molar-refractivity contribution in [3.8, 4) is 11.8 Å². The third-order valence-electron chi connectivity index (χ3n) is 2.54. The summed E-state index contributed by atoms with van der Waals surface area (Å²) in [4.78, 5) is 23.0. The summed E-state index contributed by atoms with van der Waals surface area (Å²) in [6.07, 6.45) is 3.31. The van der Waals surface area contributed by atoms with Crippen LogP contribution in [-0.2, 0) is 19.1 Å². The van der Waals surface area contributed by atoms with Gasteiger partial charge in [0.25, 0.3) is 0 Å². The number of ether oxygens (including phenoxy) is 2. The van der Waals surface area contributed by atoms with Crippen LogP contribution < -0.4 is 0 Å². The van der Waals surface area contributed by atoms with E-state index in [2.05, 4.69) is 18.4 Å². The molecule has 0 amide bonds. The van der Waals surface area contributed by atoms with E-state index in [0.717, 1.165) is 0 Å². The summed E-state index contributed by atoms with van der Waals surface area (Å²) in [7, 11) is 0. The van der Waals surface area contributed by atoms with Gasteiger partial charge >= 0.3 is 11.9 Å². The summed E-state index contributed by atoms with van der Waals surface area (Å²) < 4.78 is 10.3. The van der Waals surface area contributed by atoms with Crippen molar-refractivity contribution in [1.29, 1.82) is 0 Å². The SMILES string of the molecule is C=CCC(C)OC(=O)CCCC(=O)OC(C#CC)CC. The van der Waals surface area contributed by atoms with Crippen LogP contribution in [0.4, 0.5) is 0 Å². The van der Waals surface area contributed by atoms with E-state index < -0.39 is 0 Å². The second kappa shape index (κ2) is 11.1. The minimum atomic E-state index is -0.355. The number of hydrogen-bond acceptors (Lipinski definition) is 4. The van der Waals surface area contributed by atoms with Gasteiger partial charge < -0.3 is 9.47 Å². The number of carbonyl (C=O) groups excluding carboxylic acids is 2. The molecule has 2 unspecified atom stereocenters. The summed E-state index contributed by atoms with van der Waals surface area (Å²) in [5, 5.41) is 0. The third kappa shape index (κ3) is 9.21.